The molecule has 0 bridgehead atoms. The maximum Gasteiger partial charge on any atom is 0.150 e. The predicted molar refractivity (Wildman–Crippen MR) is 74.0 cm³/mol. The zero-order valence-corrected chi connectivity index (χ0v) is 12.8. The third-order valence-electron chi connectivity index (χ3n) is 2.00. The molecule has 1 aromatic rings. The largest absolute Gasteiger partial charge is 0.298 e. The van der Waals surface area contributed by atoms with Gasteiger partial charge in [0.2, 0.25) is 0 Å². The minimum atomic E-state index is -0.0412. The number of hydrogen-bond acceptors (Lipinski definition) is 1. The van der Waals surface area contributed by atoms with Gasteiger partial charge >= 0.3 is 0 Å². The van der Waals surface area contributed by atoms with Crippen LogP contribution in [-0.4, -0.2) is 15.9 Å². The van der Waals surface area contributed by atoms with E-state index in [9.17, 15) is 4.79 Å². The number of ketones is 1. The van der Waals surface area contributed by atoms with Crippen molar-refractivity contribution in [2.45, 2.75) is 17.7 Å². The lowest BCUT2D eigenvalue weighted by Gasteiger charge is -2.06. The Kier molecular flexibility index (Phi) is 6.09. The van der Waals surface area contributed by atoms with Gasteiger partial charge in [0.15, 0.2) is 5.78 Å². The molecule has 82 valence electrons. The van der Waals surface area contributed by atoms with E-state index < -0.39 is 0 Å². The number of Topliss-reactive ketones (excluding diaryl/α,β-unsaturated/α-hetero) is 1. The fraction of sp³-hybridized carbons (Fsp3) is 0.364. The summed E-state index contributed by atoms with van der Waals surface area (Å²) in [6, 6.07) is 7.85. The lowest BCUT2D eigenvalue weighted by atomic mass is 10.1. The highest BCUT2D eigenvalue weighted by Crippen LogP contribution is 2.15. The topological polar surface area (TPSA) is 17.1 Å². The predicted octanol–water partition coefficient (Wildman–Crippen LogP) is 4.11. The van der Waals surface area contributed by atoms with Crippen LogP contribution >= 0.6 is 47.8 Å². The summed E-state index contributed by atoms with van der Waals surface area (Å²) in [6.45, 7) is 0. The number of halogens is 3. The molecule has 0 aliphatic heterocycles. The summed E-state index contributed by atoms with van der Waals surface area (Å²) in [6.07, 6.45) is 1.32. The van der Waals surface area contributed by atoms with Crippen LogP contribution in [0.3, 0.4) is 0 Å². The van der Waals surface area contributed by atoms with Crippen LogP contribution in [0.4, 0.5) is 0 Å². The van der Waals surface area contributed by atoms with E-state index in [4.69, 9.17) is 0 Å². The molecule has 0 aliphatic rings. The van der Waals surface area contributed by atoms with Gasteiger partial charge in [-0.2, -0.15) is 0 Å². The number of carbonyl (C=O) groups excluding carboxylic acids is 1. The third kappa shape index (κ3) is 4.79. The van der Waals surface area contributed by atoms with Gasteiger partial charge in [-0.05, 0) is 24.1 Å². The van der Waals surface area contributed by atoms with E-state index in [0.29, 0.717) is 6.42 Å². The fourth-order valence-corrected chi connectivity index (χ4v) is 2.90. The van der Waals surface area contributed by atoms with Crippen molar-refractivity contribution in [3.63, 3.8) is 0 Å². The van der Waals surface area contributed by atoms with Crippen LogP contribution in [-0.2, 0) is 11.2 Å². The van der Waals surface area contributed by atoms with Crippen LogP contribution in [0.25, 0.3) is 0 Å². The van der Waals surface area contributed by atoms with Crippen LogP contribution in [0.15, 0.2) is 28.7 Å². The molecule has 0 heterocycles. The normalized spacial score (nSPS) is 12.5. The highest BCUT2D eigenvalue weighted by atomic mass is 79.9. The summed E-state index contributed by atoms with van der Waals surface area (Å²) in [5, 5.41) is 0.842. The SMILES string of the molecule is O=C(Cc1ccc(Br)cc1)C(Br)CCBr. The van der Waals surface area contributed by atoms with E-state index in [1.807, 2.05) is 24.3 Å². The molecule has 0 aromatic heterocycles. The van der Waals surface area contributed by atoms with Gasteiger partial charge in [0.05, 0.1) is 4.83 Å². The van der Waals surface area contributed by atoms with Crippen molar-refractivity contribution in [1.29, 1.82) is 0 Å². The van der Waals surface area contributed by atoms with Gasteiger partial charge in [0.1, 0.15) is 0 Å². The average molecular weight is 399 g/mol. The van der Waals surface area contributed by atoms with Crippen molar-refractivity contribution in [3.05, 3.63) is 34.3 Å². The Morgan fingerprint density at radius 2 is 1.87 bits per heavy atom. The van der Waals surface area contributed by atoms with Gasteiger partial charge in [-0.25, -0.2) is 0 Å². The number of alkyl halides is 2. The van der Waals surface area contributed by atoms with Crippen LogP contribution in [0.2, 0.25) is 0 Å². The van der Waals surface area contributed by atoms with Crippen molar-refractivity contribution < 1.29 is 4.79 Å². The van der Waals surface area contributed by atoms with Gasteiger partial charge in [0, 0.05) is 16.2 Å². The van der Waals surface area contributed by atoms with E-state index in [2.05, 4.69) is 47.8 Å². The highest BCUT2D eigenvalue weighted by molar-refractivity contribution is 9.10. The molecule has 15 heavy (non-hydrogen) atoms. The standard InChI is InChI=1S/C11H11Br3O/c12-6-5-10(14)11(15)7-8-1-3-9(13)4-2-8/h1-4,10H,5-7H2. The van der Waals surface area contributed by atoms with E-state index in [1.165, 1.54) is 0 Å². The molecular formula is C11H11Br3O. The zero-order valence-electron chi connectivity index (χ0n) is 8.05. The van der Waals surface area contributed by atoms with E-state index in [0.717, 1.165) is 21.8 Å². The molecular weight excluding hydrogens is 388 g/mol. The highest BCUT2D eigenvalue weighted by Gasteiger charge is 2.14. The Morgan fingerprint density at radius 1 is 1.27 bits per heavy atom. The molecule has 0 saturated heterocycles. The van der Waals surface area contributed by atoms with Crippen molar-refractivity contribution in [2.75, 3.05) is 5.33 Å². The molecule has 0 aliphatic carbocycles. The van der Waals surface area contributed by atoms with Crippen LogP contribution in [0, 0.1) is 0 Å². The smallest absolute Gasteiger partial charge is 0.150 e. The Balaban J connectivity index is 2.54. The fourth-order valence-electron chi connectivity index (χ4n) is 1.17. The summed E-state index contributed by atoms with van der Waals surface area (Å²) in [4.78, 5) is 11.7. The lowest BCUT2D eigenvalue weighted by molar-refractivity contribution is -0.117. The quantitative estimate of drug-likeness (QED) is 0.682. The Bertz CT molecular complexity index is 321. The first-order chi connectivity index (χ1) is 7.13. The molecule has 1 atom stereocenters. The van der Waals surface area contributed by atoms with Crippen LogP contribution in [0.5, 0.6) is 0 Å². The Labute approximate surface area is 115 Å². The summed E-state index contributed by atoms with van der Waals surface area (Å²) in [7, 11) is 0. The average Bonchev–Trinajstić information content (AvgIpc) is 2.22. The molecule has 0 amide bonds. The lowest BCUT2D eigenvalue weighted by Crippen LogP contribution is -2.16. The maximum atomic E-state index is 11.7. The summed E-state index contributed by atoms with van der Waals surface area (Å²) < 4.78 is 1.04. The third-order valence-corrected chi connectivity index (χ3v) is 3.96. The molecule has 1 nitrogen and oxygen atoms in total. The van der Waals surface area contributed by atoms with Crippen LogP contribution < -0.4 is 0 Å². The first-order valence-electron chi connectivity index (χ1n) is 4.60. The minimum absolute atomic E-state index is 0.0412. The van der Waals surface area contributed by atoms with E-state index in [1.54, 1.807) is 0 Å². The molecule has 0 saturated carbocycles. The van der Waals surface area contributed by atoms with Gasteiger partial charge in [-0.15, -0.1) is 0 Å². The molecule has 0 spiro atoms. The summed E-state index contributed by atoms with van der Waals surface area (Å²) in [5.41, 5.74) is 1.06. The van der Waals surface area contributed by atoms with Crippen molar-refractivity contribution in [3.8, 4) is 0 Å². The van der Waals surface area contributed by atoms with Gasteiger partial charge in [-0.1, -0.05) is 59.9 Å². The minimum Gasteiger partial charge on any atom is -0.298 e. The first-order valence-corrected chi connectivity index (χ1v) is 7.43. The molecule has 1 unspecified atom stereocenters. The van der Waals surface area contributed by atoms with Gasteiger partial charge in [-0.3, -0.25) is 4.79 Å². The number of hydrogen-bond donors (Lipinski definition) is 0. The Morgan fingerprint density at radius 3 is 2.40 bits per heavy atom. The Hall–Kier alpha value is 0.330. The second kappa shape index (κ2) is 6.81. The second-order valence-corrected chi connectivity index (χ2v) is 6.03. The second-order valence-electron chi connectivity index (χ2n) is 3.21. The van der Waals surface area contributed by atoms with Gasteiger partial charge in [0.25, 0.3) is 0 Å². The molecule has 0 N–H and O–H groups in total. The van der Waals surface area contributed by atoms with Crippen molar-refractivity contribution in [1.82, 2.24) is 0 Å². The monoisotopic (exact) mass is 396 g/mol. The van der Waals surface area contributed by atoms with Crippen LogP contribution in [0.1, 0.15) is 12.0 Å². The number of rotatable bonds is 5. The van der Waals surface area contributed by atoms with Crippen molar-refractivity contribution >= 4 is 53.6 Å². The number of benzene rings is 1. The molecule has 1 aromatic carbocycles. The molecule has 1 rings (SSSR count). The summed E-state index contributed by atoms with van der Waals surface area (Å²) in [5.74, 6) is 0.233. The number of carbonyl (C=O) groups is 1. The first kappa shape index (κ1) is 13.4. The summed E-state index contributed by atoms with van der Waals surface area (Å²) >= 11 is 10.1. The molecule has 4 heteroatoms. The van der Waals surface area contributed by atoms with E-state index in [-0.39, 0.29) is 10.6 Å². The van der Waals surface area contributed by atoms with Crippen molar-refractivity contribution in [2.24, 2.45) is 0 Å². The zero-order chi connectivity index (χ0) is 11.3. The maximum absolute atomic E-state index is 11.7. The van der Waals surface area contributed by atoms with E-state index >= 15 is 0 Å². The molecule has 0 radical (unpaired) electrons. The van der Waals surface area contributed by atoms with Gasteiger partial charge < -0.3 is 0 Å². The molecule has 0 fully saturated rings.